The molecule has 2 unspecified atom stereocenters. The SMILES string of the molecule is CCNC(=NCc1ccc(N2CCC(O)CC2)c(F)c1)NC1CCCC(SCC)C1. The Morgan fingerprint density at radius 3 is 2.73 bits per heavy atom. The summed E-state index contributed by atoms with van der Waals surface area (Å²) in [6, 6.07) is 5.87. The number of aliphatic hydroxyl groups is 1. The van der Waals surface area contributed by atoms with Crippen LogP contribution in [0.1, 0.15) is 57.9 Å². The van der Waals surface area contributed by atoms with E-state index in [9.17, 15) is 9.50 Å². The lowest BCUT2D eigenvalue weighted by atomic mass is 9.95. The molecule has 2 atom stereocenters. The van der Waals surface area contributed by atoms with Gasteiger partial charge in [0.2, 0.25) is 0 Å². The summed E-state index contributed by atoms with van der Waals surface area (Å²) < 4.78 is 14.7. The van der Waals surface area contributed by atoms with Gasteiger partial charge in [0, 0.05) is 30.9 Å². The van der Waals surface area contributed by atoms with Crippen molar-refractivity contribution in [2.24, 2.45) is 4.99 Å². The summed E-state index contributed by atoms with van der Waals surface area (Å²) in [7, 11) is 0. The fourth-order valence-corrected chi connectivity index (χ4v) is 5.53. The molecule has 1 aliphatic carbocycles. The third-order valence-corrected chi connectivity index (χ3v) is 7.18. The smallest absolute Gasteiger partial charge is 0.191 e. The Morgan fingerprint density at radius 2 is 2.03 bits per heavy atom. The number of hydrogen-bond acceptors (Lipinski definition) is 4. The summed E-state index contributed by atoms with van der Waals surface area (Å²) in [6.45, 7) is 6.94. The molecule has 1 aromatic rings. The van der Waals surface area contributed by atoms with E-state index in [1.165, 1.54) is 31.4 Å². The second-order valence-corrected chi connectivity index (χ2v) is 9.86. The van der Waals surface area contributed by atoms with Crippen LogP contribution in [-0.4, -0.2) is 53.8 Å². The fraction of sp³-hybridized carbons (Fsp3) is 0.696. The number of hydrogen-bond donors (Lipinski definition) is 3. The molecule has 3 rings (SSSR count). The van der Waals surface area contributed by atoms with Crippen molar-refractivity contribution < 1.29 is 9.50 Å². The van der Waals surface area contributed by atoms with Crippen LogP contribution < -0.4 is 15.5 Å². The number of halogens is 1. The molecular formula is C23H37FN4OS. The molecule has 2 aliphatic rings. The number of piperidine rings is 1. The van der Waals surface area contributed by atoms with E-state index in [-0.39, 0.29) is 11.9 Å². The number of anilines is 1. The van der Waals surface area contributed by atoms with Crippen LogP contribution in [0.5, 0.6) is 0 Å². The van der Waals surface area contributed by atoms with E-state index in [0.717, 1.165) is 23.3 Å². The van der Waals surface area contributed by atoms with E-state index in [2.05, 4.69) is 36.2 Å². The molecule has 3 N–H and O–H groups in total. The van der Waals surface area contributed by atoms with Gasteiger partial charge in [0.05, 0.1) is 18.3 Å². The van der Waals surface area contributed by atoms with Crippen molar-refractivity contribution in [3.8, 4) is 0 Å². The molecule has 1 heterocycles. The van der Waals surface area contributed by atoms with Gasteiger partial charge in [-0.2, -0.15) is 11.8 Å². The lowest BCUT2D eigenvalue weighted by Crippen LogP contribution is -2.45. The van der Waals surface area contributed by atoms with Crippen LogP contribution in [0.25, 0.3) is 0 Å². The van der Waals surface area contributed by atoms with Crippen LogP contribution >= 0.6 is 11.8 Å². The molecule has 0 amide bonds. The minimum Gasteiger partial charge on any atom is -0.393 e. The van der Waals surface area contributed by atoms with Crippen LogP contribution in [0.3, 0.4) is 0 Å². The number of nitrogens with zero attached hydrogens (tertiary/aromatic N) is 2. The van der Waals surface area contributed by atoms with Crippen molar-refractivity contribution in [3.05, 3.63) is 29.6 Å². The van der Waals surface area contributed by atoms with Gasteiger partial charge in [0.1, 0.15) is 5.82 Å². The van der Waals surface area contributed by atoms with E-state index in [1.54, 1.807) is 6.07 Å². The first-order chi connectivity index (χ1) is 14.6. The molecule has 0 spiro atoms. The lowest BCUT2D eigenvalue weighted by molar-refractivity contribution is 0.145. The van der Waals surface area contributed by atoms with Crippen LogP contribution in [0, 0.1) is 5.82 Å². The molecule has 1 aromatic carbocycles. The van der Waals surface area contributed by atoms with E-state index in [1.807, 2.05) is 17.0 Å². The quantitative estimate of drug-likeness (QED) is 0.447. The number of guanidine groups is 1. The average molecular weight is 437 g/mol. The number of rotatable bonds is 7. The Hall–Kier alpha value is -1.47. The molecule has 30 heavy (non-hydrogen) atoms. The van der Waals surface area contributed by atoms with Crippen molar-refractivity contribution in [2.75, 3.05) is 30.3 Å². The summed E-state index contributed by atoms with van der Waals surface area (Å²) in [6.07, 6.45) is 6.07. The molecule has 1 saturated carbocycles. The van der Waals surface area contributed by atoms with Crippen molar-refractivity contribution in [1.82, 2.24) is 10.6 Å². The molecular weight excluding hydrogens is 399 g/mol. The monoisotopic (exact) mass is 436 g/mol. The highest BCUT2D eigenvalue weighted by atomic mass is 32.2. The van der Waals surface area contributed by atoms with Gasteiger partial charge in [-0.05, 0) is 62.5 Å². The highest BCUT2D eigenvalue weighted by Crippen LogP contribution is 2.28. The van der Waals surface area contributed by atoms with E-state index >= 15 is 0 Å². The van der Waals surface area contributed by atoms with Crippen LogP contribution in [0.15, 0.2) is 23.2 Å². The first kappa shape index (κ1) is 23.2. The van der Waals surface area contributed by atoms with Gasteiger partial charge in [-0.25, -0.2) is 9.38 Å². The van der Waals surface area contributed by atoms with Crippen molar-refractivity contribution >= 4 is 23.4 Å². The molecule has 2 fully saturated rings. The average Bonchev–Trinajstić information content (AvgIpc) is 2.74. The highest BCUT2D eigenvalue weighted by molar-refractivity contribution is 7.99. The van der Waals surface area contributed by atoms with Crippen molar-refractivity contribution in [1.29, 1.82) is 0 Å². The molecule has 168 valence electrons. The number of thioether (sulfide) groups is 1. The first-order valence-corrected chi connectivity index (χ1v) is 12.5. The maximum atomic E-state index is 14.7. The summed E-state index contributed by atoms with van der Waals surface area (Å²) in [4.78, 5) is 6.74. The summed E-state index contributed by atoms with van der Waals surface area (Å²) in [5.74, 6) is 1.79. The van der Waals surface area contributed by atoms with Gasteiger partial charge < -0.3 is 20.6 Å². The minimum absolute atomic E-state index is 0.205. The molecule has 7 heteroatoms. The molecule has 0 aromatic heterocycles. The number of benzene rings is 1. The standard InChI is InChI=1S/C23H37FN4OS/c1-3-25-23(27-18-6-5-7-20(15-18)30-4-2)26-16-17-8-9-22(21(24)14-17)28-12-10-19(29)11-13-28/h8-9,14,18-20,29H,3-7,10-13,15-16H2,1-2H3,(H2,25,26,27). The summed E-state index contributed by atoms with van der Waals surface area (Å²) >= 11 is 2.06. The van der Waals surface area contributed by atoms with Crippen LogP contribution in [0.4, 0.5) is 10.1 Å². The van der Waals surface area contributed by atoms with Crippen LogP contribution in [0.2, 0.25) is 0 Å². The Balaban J connectivity index is 1.59. The van der Waals surface area contributed by atoms with Gasteiger partial charge in [0.15, 0.2) is 5.96 Å². The first-order valence-electron chi connectivity index (χ1n) is 11.5. The van der Waals surface area contributed by atoms with Crippen molar-refractivity contribution in [2.45, 2.75) is 76.3 Å². The molecule has 1 saturated heterocycles. The van der Waals surface area contributed by atoms with Gasteiger partial charge in [-0.1, -0.05) is 19.4 Å². The lowest BCUT2D eigenvalue weighted by Gasteiger charge is -2.31. The Bertz CT molecular complexity index is 692. The maximum Gasteiger partial charge on any atom is 0.191 e. The van der Waals surface area contributed by atoms with Gasteiger partial charge >= 0.3 is 0 Å². The van der Waals surface area contributed by atoms with E-state index < -0.39 is 0 Å². The molecule has 1 aliphatic heterocycles. The third-order valence-electron chi connectivity index (χ3n) is 5.95. The number of aliphatic imine (C=N–C) groups is 1. The van der Waals surface area contributed by atoms with E-state index in [4.69, 9.17) is 4.99 Å². The second-order valence-electron chi connectivity index (χ2n) is 8.28. The molecule has 0 bridgehead atoms. The predicted octanol–water partition coefficient (Wildman–Crippen LogP) is 3.91. The van der Waals surface area contributed by atoms with Crippen LogP contribution in [-0.2, 0) is 6.54 Å². The van der Waals surface area contributed by atoms with E-state index in [0.29, 0.717) is 44.2 Å². The number of aliphatic hydroxyl groups excluding tert-OH is 1. The Labute approximate surface area is 184 Å². The van der Waals surface area contributed by atoms with Gasteiger partial charge in [-0.15, -0.1) is 0 Å². The van der Waals surface area contributed by atoms with Gasteiger partial charge in [0.25, 0.3) is 0 Å². The number of nitrogens with one attached hydrogen (secondary N) is 2. The normalized spacial score (nSPS) is 23.5. The summed E-state index contributed by atoms with van der Waals surface area (Å²) in [5, 5.41) is 17.3. The fourth-order valence-electron chi connectivity index (χ4n) is 4.36. The zero-order chi connectivity index (χ0) is 21.3. The Kier molecular flexibility index (Phi) is 9.12. The largest absolute Gasteiger partial charge is 0.393 e. The summed E-state index contributed by atoms with van der Waals surface area (Å²) in [5.41, 5.74) is 1.50. The van der Waals surface area contributed by atoms with Crippen molar-refractivity contribution in [3.63, 3.8) is 0 Å². The molecule has 0 radical (unpaired) electrons. The van der Waals surface area contributed by atoms with Gasteiger partial charge in [-0.3, -0.25) is 0 Å². The minimum atomic E-state index is -0.255. The second kappa shape index (κ2) is 11.8. The Morgan fingerprint density at radius 1 is 1.23 bits per heavy atom. The zero-order valence-electron chi connectivity index (χ0n) is 18.4. The molecule has 5 nitrogen and oxygen atoms in total. The zero-order valence-corrected chi connectivity index (χ0v) is 19.2. The topological polar surface area (TPSA) is 59.9 Å². The highest BCUT2D eigenvalue weighted by Gasteiger charge is 2.23. The maximum absolute atomic E-state index is 14.7. The predicted molar refractivity (Wildman–Crippen MR) is 126 cm³/mol. The third kappa shape index (κ3) is 6.77.